The summed E-state index contributed by atoms with van der Waals surface area (Å²) >= 11 is 0. The second kappa shape index (κ2) is 8.37. The van der Waals surface area contributed by atoms with Crippen molar-refractivity contribution in [1.29, 1.82) is 0 Å². The molecule has 0 aliphatic carbocycles. The molecule has 0 spiro atoms. The zero-order valence-electron chi connectivity index (χ0n) is 12.8. The Labute approximate surface area is 126 Å². The Kier molecular flexibility index (Phi) is 6.16. The number of ether oxygens (including phenoxy) is 2. The van der Waals surface area contributed by atoms with Crippen LogP contribution in [-0.2, 0) is 13.0 Å². The molecule has 2 N–H and O–H groups in total. The van der Waals surface area contributed by atoms with Gasteiger partial charge in [-0.25, -0.2) is 0 Å². The van der Waals surface area contributed by atoms with Gasteiger partial charge in [0.15, 0.2) is 17.3 Å². The molecule has 4 nitrogen and oxygen atoms in total. The van der Waals surface area contributed by atoms with E-state index >= 15 is 0 Å². The molecule has 2 aromatic rings. The van der Waals surface area contributed by atoms with Crippen LogP contribution < -0.4 is 14.8 Å². The van der Waals surface area contributed by atoms with Crippen molar-refractivity contribution in [3.63, 3.8) is 0 Å². The standard InChI is InChI=1S/C17H23NO3/c1-3-5-14-7-8-16(17(12-14)19-2)21-11-9-18-13-15-6-4-10-20-15/h4,6-8,10,12,18H,3,5,9,11,13H2,1-2H3/p+1. The Bertz CT molecular complexity index is 523. The van der Waals surface area contributed by atoms with E-state index in [0.29, 0.717) is 6.61 Å². The maximum absolute atomic E-state index is 5.79. The van der Waals surface area contributed by atoms with Crippen molar-refractivity contribution in [1.82, 2.24) is 0 Å². The summed E-state index contributed by atoms with van der Waals surface area (Å²) in [6, 6.07) is 10.0. The van der Waals surface area contributed by atoms with E-state index in [1.807, 2.05) is 18.2 Å². The summed E-state index contributed by atoms with van der Waals surface area (Å²) in [6.07, 6.45) is 3.89. The second-order valence-corrected chi connectivity index (χ2v) is 4.94. The van der Waals surface area contributed by atoms with Crippen LogP contribution in [-0.4, -0.2) is 20.3 Å². The zero-order chi connectivity index (χ0) is 14.9. The van der Waals surface area contributed by atoms with Gasteiger partial charge in [-0.1, -0.05) is 19.4 Å². The Balaban J connectivity index is 1.76. The minimum atomic E-state index is 0.643. The van der Waals surface area contributed by atoms with Crippen LogP contribution in [0.1, 0.15) is 24.7 Å². The first-order valence-corrected chi connectivity index (χ1v) is 7.47. The third-order valence-electron chi connectivity index (χ3n) is 3.27. The molecule has 1 aromatic carbocycles. The number of nitrogens with two attached hydrogens (primary N) is 1. The smallest absolute Gasteiger partial charge is 0.161 e. The van der Waals surface area contributed by atoms with Crippen LogP contribution in [0.25, 0.3) is 0 Å². The average molecular weight is 290 g/mol. The summed E-state index contributed by atoms with van der Waals surface area (Å²) in [4.78, 5) is 0. The lowest BCUT2D eigenvalue weighted by Gasteiger charge is -2.11. The maximum Gasteiger partial charge on any atom is 0.161 e. The third kappa shape index (κ3) is 4.83. The first-order chi connectivity index (χ1) is 10.3. The fraction of sp³-hybridized carbons (Fsp3) is 0.412. The summed E-state index contributed by atoms with van der Waals surface area (Å²) < 4.78 is 16.5. The summed E-state index contributed by atoms with van der Waals surface area (Å²) in [6.45, 7) is 4.53. The number of hydrogen-bond donors (Lipinski definition) is 1. The Morgan fingerprint density at radius 2 is 2.10 bits per heavy atom. The maximum atomic E-state index is 5.79. The number of quaternary nitrogens is 1. The van der Waals surface area contributed by atoms with E-state index in [1.165, 1.54) is 5.56 Å². The van der Waals surface area contributed by atoms with Gasteiger partial charge in [0.2, 0.25) is 0 Å². The van der Waals surface area contributed by atoms with E-state index in [2.05, 4.69) is 24.4 Å². The molecule has 2 rings (SSSR count). The van der Waals surface area contributed by atoms with Gasteiger partial charge in [-0.2, -0.15) is 0 Å². The van der Waals surface area contributed by atoms with E-state index in [0.717, 1.165) is 43.2 Å². The topological polar surface area (TPSA) is 48.2 Å². The molecule has 4 heteroatoms. The highest BCUT2D eigenvalue weighted by molar-refractivity contribution is 5.43. The fourth-order valence-corrected chi connectivity index (χ4v) is 2.20. The Morgan fingerprint density at radius 1 is 1.19 bits per heavy atom. The van der Waals surface area contributed by atoms with E-state index in [-0.39, 0.29) is 0 Å². The van der Waals surface area contributed by atoms with Crippen molar-refractivity contribution in [2.24, 2.45) is 0 Å². The predicted molar refractivity (Wildman–Crippen MR) is 81.7 cm³/mol. The van der Waals surface area contributed by atoms with Crippen LogP contribution >= 0.6 is 0 Å². The number of aryl methyl sites for hydroxylation is 1. The van der Waals surface area contributed by atoms with Gasteiger partial charge in [-0.15, -0.1) is 0 Å². The van der Waals surface area contributed by atoms with E-state index in [9.17, 15) is 0 Å². The number of rotatable bonds is 9. The highest BCUT2D eigenvalue weighted by atomic mass is 16.5. The van der Waals surface area contributed by atoms with Crippen LogP contribution in [0.15, 0.2) is 41.0 Å². The van der Waals surface area contributed by atoms with E-state index < -0.39 is 0 Å². The second-order valence-electron chi connectivity index (χ2n) is 4.94. The van der Waals surface area contributed by atoms with Crippen molar-refractivity contribution < 1.29 is 19.2 Å². The fourth-order valence-electron chi connectivity index (χ4n) is 2.20. The third-order valence-corrected chi connectivity index (χ3v) is 3.27. The van der Waals surface area contributed by atoms with Crippen molar-refractivity contribution >= 4 is 0 Å². The lowest BCUT2D eigenvalue weighted by atomic mass is 10.1. The van der Waals surface area contributed by atoms with Gasteiger partial charge in [0.05, 0.1) is 13.4 Å². The van der Waals surface area contributed by atoms with Crippen LogP contribution in [0.2, 0.25) is 0 Å². The van der Waals surface area contributed by atoms with Gasteiger partial charge >= 0.3 is 0 Å². The quantitative estimate of drug-likeness (QED) is 0.721. The molecule has 21 heavy (non-hydrogen) atoms. The highest BCUT2D eigenvalue weighted by Gasteiger charge is 2.06. The molecule has 0 atom stereocenters. The molecule has 0 aliphatic heterocycles. The number of methoxy groups -OCH3 is 1. The molecular weight excluding hydrogens is 266 g/mol. The van der Waals surface area contributed by atoms with Crippen molar-refractivity contribution in [3.8, 4) is 11.5 Å². The van der Waals surface area contributed by atoms with Gasteiger partial charge in [0.25, 0.3) is 0 Å². The minimum absolute atomic E-state index is 0.643. The Morgan fingerprint density at radius 3 is 2.81 bits per heavy atom. The molecule has 0 saturated heterocycles. The molecule has 0 unspecified atom stereocenters. The summed E-state index contributed by atoms with van der Waals surface area (Å²) in [7, 11) is 1.68. The molecular formula is C17H24NO3+. The summed E-state index contributed by atoms with van der Waals surface area (Å²) in [5, 5.41) is 2.16. The number of benzene rings is 1. The van der Waals surface area contributed by atoms with Gasteiger partial charge in [-0.05, 0) is 36.2 Å². The van der Waals surface area contributed by atoms with E-state index in [1.54, 1.807) is 13.4 Å². The SMILES string of the molecule is CCCc1ccc(OCC[NH2+]Cc2ccco2)c(OC)c1. The van der Waals surface area contributed by atoms with Gasteiger partial charge in [-0.3, -0.25) is 0 Å². The zero-order valence-corrected chi connectivity index (χ0v) is 12.8. The first kappa shape index (κ1) is 15.4. The number of hydrogen-bond acceptors (Lipinski definition) is 3. The number of furan rings is 1. The lowest BCUT2D eigenvalue weighted by Crippen LogP contribution is -2.83. The van der Waals surface area contributed by atoms with Crippen molar-refractivity contribution in [2.45, 2.75) is 26.3 Å². The molecule has 1 heterocycles. The average Bonchev–Trinajstić information content (AvgIpc) is 3.01. The van der Waals surface area contributed by atoms with Crippen LogP contribution in [0.5, 0.6) is 11.5 Å². The lowest BCUT2D eigenvalue weighted by molar-refractivity contribution is -0.672. The summed E-state index contributed by atoms with van der Waals surface area (Å²) in [5.74, 6) is 2.60. The highest BCUT2D eigenvalue weighted by Crippen LogP contribution is 2.28. The van der Waals surface area contributed by atoms with E-state index in [4.69, 9.17) is 13.9 Å². The first-order valence-electron chi connectivity index (χ1n) is 7.47. The predicted octanol–water partition coefficient (Wildman–Crippen LogP) is 2.38. The normalized spacial score (nSPS) is 10.6. The van der Waals surface area contributed by atoms with Gasteiger partial charge in [0, 0.05) is 0 Å². The molecule has 0 radical (unpaired) electrons. The van der Waals surface area contributed by atoms with Crippen LogP contribution in [0, 0.1) is 0 Å². The minimum Gasteiger partial charge on any atom is -0.493 e. The Hall–Kier alpha value is -1.94. The molecule has 0 fully saturated rings. The molecule has 0 aliphatic rings. The molecule has 0 saturated carbocycles. The molecule has 1 aromatic heterocycles. The van der Waals surface area contributed by atoms with Crippen molar-refractivity contribution in [2.75, 3.05) is 20.3 Å². The molecule has 0 bridgehead atoms. The monoisotopic (exact) mass is 290 g/mol. The molecule has 114 valence electrons. The van der Waals surface area contributed by atoms with Crippen molar-refractivity contribution in [3.05, 3.63) is 47.9 Å². The van der Waals surface area contributed by atoms with Gasteiger partial charge in [0.1, 0.15) is 19.7 Å². The largest absolute Gasteiger partial charge is 0.493 e. The van der Waals surface area contributed by atoms with Gasteiger partial charge < -0.3 is 19.2 Å². The summed E-state index contributed by atoms with van der Waals surface area (Å²) in [5.41, 5.74) is 1.28. The van der Waals surface area contributed by atoms with Crippen LogP contribution in [0.4, 0.5) is 0 Å². The van der Waals surface area contributed by atoms with Crippen LogP contribution in [0.3, 0.4) is 0 Å². The molecule has 0 amide bonds.